The smallest absolute Gasteiger partial charge is 0.410 e. The van der Waals surface area contributed by atoms with Crippen molar-refractivity contribution in [3.63, 3.8) is 0 Å². The van der Waals surface area contributed by atoms with E-state index in [1.807, 2.05) is 56.0 Å². The van der Waals surface area contributed by atoms with Crippen LogP contribution in [-0.4, -0.2) is 69.9 Å². The molecule has 0 atom stereocenters. The minimum atomic E-state index is -0.533. The molecule has 0 spiro atoms. The van der Waals surface area contributed by atoms with Gasteiger partial charge in [-0.2, -0.15) is 10.4 Å². The van der Waals surface area contributed by atoms with Crippen molar-refractivity contribution < 1.29 is 14.3 Å². The summed E-state index contributed by atoms with van der Waals surface area (Å²) in [6.07, 6.45) is 1.10. The quantitative estimate of drug-likeness (QED) is 0.829. The molecule has 1 saturated heterocycles. The van der Waals surface area contributed by atoms with Crippen LogP contribution in [0.2, 0.25) is 0 Å². The van der Waals surface area contributed by atoms with Gasteiger partial charge >= 0.3 is 6.09 Å². The zero-order chi connectivity index (χ0) is 21.7. The van der Waals surface area contributed by atoms with E-state index in [0.717, 1.165) is 5.69 Å². The predicted molar refractivity (Wildman–Crippen MR) is 111 cm³/mol. The Labute approximate surface area is 175 Å². The fourth-order valence-corrected chi connectivity index (χ4v) is 3.11. The number of hydrogen-bond donors (Lipinski definition) is 1. The maximum atomic E-state index is 12.6. The first-order chi connectivity index (χ1) is 14.3. The molecule has 9 nitrogen and oxygen atoms in total. The number of nitriles is 1. The molecule has 9 heteroatoms. The van der Waals surface area contributed by atoms with Gasteiger partial charge in [0, 0.05) is 26.2 Å². The van der Waals surface area contributed by atoms with E-state index in [1.165, 1.54) is 10.9 Å². The first-order valence-electron chi connectivity index (χ1n) is 9.80. The SMILES string of the molecule is CC(C)(C)OC(=O)N1CCN(CC(=O)Nc2c(C#N)cnn2-c2ccccc2)CC1. The molecule has 1 aliphatic heterocycles. The summed E-state index contributed by atoms with van der Waals surface area (Å²) in [5, 5.41) is 16.4. The maximum Gasteiger partial charge on any atom is 0.410 e. The van der Waals surface area contributed by atoms with Crippen LogP contribution in [-0.2, 0) is 9.53 Å². The average Bonchev–Trinajstić information content (AvgIpc) is 3.10. The normalized spacial score (nSPS) is 14.8. The number of rotatable bonds is 4. The number of para-hydroxylation sites is 1. The van der Waals surface area contributed by atoms with Crippen LogP contribution in [0, 0.1) is 11.3 Å². The lowest BCUT2D eigenvalue weighted by atomic mass is 10.2. The third-order valence-electron chi connectivity index (χ3n) is 4.54. The number of benzene rings is 1. The van der Waals surface area contributed by atoms with Crippen molar-refractivity contribution in [2.75, 3.05) is 38.0 Å². The Kier molecular flexibility index (Phi) is 6.37. The monoisotopic (exact) mass is 410 g/mol. The van der Waals surface area contributed by atoms with Crippen molar-refractivity contribution in [3.8, 4) is 11.8 Å². The van der Waals surface area contributed by atoms with Gasteiger partial charge in [-0.1, -0.05) is 18.2 Å². The number of ether oxygens (including phenoxy) is 1. The van der Waals surface area contributed by atoms with Crippen molar-refractivity contribution in [1.29, 1.82) is 5.26 Å². The third kappa shape index (κ3) is 5.36. The van der Waals surface area contributed by atoms with Gasteiger partial charge in [-0.25, -0.2) is 9.48 Å². The summed E-state index contributed by atoms with van der Waals surface area (Å²) in [4.78, 5) is 28.4. The highest BCUT2D eigenvalue weighted by atomic mass is 16.6. The van der Waals surface area contributed by atoms with Crippen molar-refractivity contribution >= 4 is 17.8 Å². The molecule has 1 aromatic carbocycles. The van der Waals surface area contributed by atoms with Crippen LogP contribution in [0.3, 0.4) is 0 Å². The number of hydrogen-bond acceptors (Lipinski definition) is 6. The van der Waals surface area contributed by atoms with Gasteiger partial charge in [-0.05, 0) is 32.9 Å². The molecule has 2 amide bonds. The van der Waals surface area contributed by atoms with E-state index in [9.17, 15) is 14.9 Å². The molecule has 0 aliphatic carbocycles. The van der Waals surface area contributed by atoms with E-state index in [4.69, 9.17) is 4.74 Å². The molecule has 158 valence electrons. The molecular formula is C21H26N6O3. The number of amides is 2. The van der Waals surface area contributed by atoms with Crippen LogP contribution in [0.1, 0.15) is 26.3 Å². The molecule has 30 heavy (non-hydrogen) atoms. The molecule has 2 aromatic rings. The van der Waals surface area contributed by atoms with Crippen LogP contribution >= 0.6 is 0 Å². The Hall–Kier alpha value is -3.38. The number of carbonyl (C=O) groups excluding carboxylic acids is 2. The second kappa shape index (κ2) is 8.97. The topological polar surface area (TPSA) is 103 Å². The molecule has 0 saturated carbocycles. The van der Waals surface area contributed by atoms with Crippen LogP contribution in [0.4, 0.5) is 10.6 Å². The molecule has 1 fully saturated rings. The van der Waals surface area contributed by atoms with Crippen LogP contribution in [0.5, 0.6) is 0 Å². The standard InChI is InChI=1S/C21H26N6O3/c1-21(2,3)30-20(29)26-11-9-25(10-12-26)15-18(28)24-19-16(13-22)14-23-27(19)17-7-5-4-6-8-17/h4-8,14H,9-12,15H2,1-3H3,(H,24,28). The highest BCUT2D eigenvalue weighted by Crippen LogP contribution is 2.19. The van der Waals surface area contributed by atoms with Gasteiger partial charge in [0.2, 0.25) is 5.91 Å². The molecular weight excluding hydrogens is 384 g/mol. The number of nitrogens with one attached hydrogen (secondary N) is 1. The summed E-state index contributed by atoms with van der Waals surface area (Å²) in [5.41, 5.74) is 0.510. The predicted octanol–water partition coefficient (Wildman–Crippen LogP) is 2.24. The largest absolute Gasteiger partial charge is 0.444 e. The van der Waals surface area contributed by atoms with E-state index in [2.05, 4.69) is 16.5 Å². The number of anilines is 1. The lowest BCUT2D eigenvalue weighted by Gasteiger charge is -2.35. The minimum absolute atomic E-state index is 0.160. The molecule has 0 bridgehead atoms. The maximum absolute atomic E-state index is 12.6. The summed E-state index contributed by atoms with van der Waals surface area (Å²) >= 11 is 0. The van der Waals surface area contributed by atoms with Gasteiger partial charge in [0.1, 0.15) is 17.2 Å². The van der Waals surface area contributed by atoms with Gasteiger partial charge in [0.05, 0.1) is 18.4 Å². The fourth-order valence-electron chi connectivity index (χ4n) is 3.11. The second-order valence-electron chi connectivity index (χ2n) is 8.06. The Morgan fingerprint density at radius 3 is 2.43 bits per heavy atom. The van der Waals surface area contributed by atoms with Crippen molar-refractivity contribution in [2.24, 2.45) is 0 Å². The molecule has 0 unspecified atom stereocenters. The van der Waals surface area contributed by atoms with Gasteiger partial charge in [0.15, 0.2) is 5.82 Å². The molecule has 1 aromatic heterocycles. The summed E-state index contributed by atoms with van der Waals surface area (Å²) in [7, 11) is 0. The molecule has 0 radical (unpaired) electrons. The summed E-state index contributed by atoms with van der Waals surface area (Å²) in [6, 6.07) is 11.4. The summed E-state index contributed by atoms with van der Waals surface area (Å²) in [5.74, 6) is 0.107. The minimum Gasteiger partial charge on any atom is -0.444 e. The highest BCUT2D eigenvalue weighted by molar-refractivity contribution is 5.93. The Morgan fingerprint density at radius 1 is 1.17 bits per heavy atom. The number of carbonyl (C=O) groups is 2. The molecule has 2 heterocycles. The van der Waals surface area contributed by atoms with Crippen LogP contribution < -0.4 is 5.32 Å². The van der Waals surface area contributed by atoms with E-state index in [0.29, 0.717) is 37.6 Å². The highest BCUT2D eigenvalue weighted by Gasteiger charge is 2.27. The Balaban J connectivity index is 1.58. The average molecular weight is 410 g/mol. The summed E-state index contributed by atoms with van der Waals surface area (Å²) in [6.45, 7) is 7.78. The van der Waals surface area contributed by atoms with Crippen LogP contribution in [0.25, 0.3) is 5.69 Å². The molecule has 3 rings (SSSR count). The van der Waals surface area contributed by atoms with Crippen LogP contribution in [0.15, 0.2) is 36.5 Å². The number of nitrogens with zero attached hydrogens (tertiary/aromatic N) is 5. The zero-order valence-electron chi connectivity index (χ0n) is 17.5. The third-order valence-corrected chi connectivity index (χ3v) is 4.54. The number of aromatic nitrogens is 2. The molecule has 1 aliphatic rings. The lowest BCUT2D eigenvalue weighted by Crippen LogP contribution is -2.51. The van der Waals surface area contributed by atoms with E-state index < -0.39 is 5.60 Å². The Bertz CT molecular complexity index is 934. The zero-order valence-corrected chi connectivity index (χ0v) is 17.5. The summed E-state index contributed by atoms with van der Waals surface area (Å²) < 4.78 is 6.93. The first kappa shape index (κ1) is 21.3. The Morgan fingerprint density at radius 2 is 1.83 bits per heavy atom. The molecule has 1 N–H and O–H groups in total. The van der Waals surface area contributed by atoms with Gasteiger partial charge in [-0.15, -0.1) is 0 Å². The van der Waals surface area contributed by atoms with Gasteiger partial charge in [-0.3, -0.25) is 9.69 Å². The fraction of sp³-hybridized carbons (Fsp3) is 0.429. The van der Waals surface area contributed by atoms with Gasteiger partial charge < -0.3 is 15.0 Å². The number of piperazine rings is 1. The van der Waals surface area contributed by atoms with Crippen molar-refractivity contribution in [2.45, 2.75) is 26.4 Å². The van der Waals surface area contributed by atoms with Crippen molar-refractivity contribution in [1.82, 2.24) is 19.6 Å². The van der Waals surface area contributed by atoms with E-state index in [-0.39, 0.29) is 18.5 Å². The first-order valence-corrected chi connectivity index (χ1v) is 9.80. The lowest BCUT2D eigenvalue weighted by molar-refractivity contribution is -0.117. The van der Waals surface area contributed by atoms with E-state index >= 15 is 0 Å². The van der Waals surface area contributed by atoms with Gasteiger partial charge in [0.25, 0.3) is 0 Å². The van der Waals surface area contributed by atoms with Crippen molar-refractivity contribution in [3.05, 3.63) is 42.1 Å². The second-order valence-corrected chi connectivity index (χ2v) is 8.06. The van der Waals surface area contributed by atoms with E-state index in [1.54, 1.807) is 4.90 Å².